The van der Waals surface area contributed by atoms with Gasteiger partial charge in [0.05, 0.1) is 7.11 Å². The molecule has 0 fully saturated rings. The molecule has 0 aromatic heterocycles. The smallest absolute Gasteiger partial charge is 0.305 e. The SMILES string of the molecule is CC/C=C\C/C=C\C/C=C\C/C=C\C/C=C\CCCCCC(=O)OC. The molecule has 0 N–H and O–H groups in total. The van der Waals surface area contributed by atoms with Gasteiger partial charge in [0, 0.05) is 6.42 Å². The summed E-state index contributed by atoms with van der Waals surface area (Å²) >= 11 is 0. The minimum absolute atomic E-state index is 0.102. The average molecular weight is 345 g/mol. The highest BCUT2D eigenvalue weighted by molar-refractivity contribution is 5.68. The molecule has 2 heteroatoms. The first-order chi connectivity index (χ1) is 12.3. The van der Waals surface area contributed by atoms with E-state index >= 15 is 0 Å². The zero-order valence-electron chi connectivity index (χ0n) is 16.2. The molecule has 140 valence electrons. The lowest BCUT2D eigenvalue weighted by Crippen LogP contribution is -1.98. The first-order valence-corrected chi connectivity index (χ1v) is 9.63. The van der Waals surface area contributed by atoms with Crippen LogP contribution in [0.25, 0.3) is 0 Å². The molecule has 0 unspecified atom stereocenters. The minimum atomic E-state index is -0.102. The van der Waals surface area contributed by atoms with Crippen molar-refractivity contribution >= 4 is 5.97 Å². The fraction of sp³-hybridized carbons (Fsp3) is 0.522. The Labute approximate surface area is 155 Å². The lowest BCUT2D eigenvalue weighted by molar-refractivity contribution is -0.140. The fourth-order valence-electron chi connectivity index (χ4n) is 2.18. The number of carbonyl (C=O) groups is 1. The highest BCUT2D eigenvalue weighted by atomic mass is 16.5. The van der Waals surface area contributed by atoms with Crippen LogP contribution in [0, 0.1) is 0 Å². The second-order valence-corrected chi connectivity index (χ2v) is 5.88. The van der Waals surface area contributed by atoms with Crippen LogP contribution in [0.4, 0.5) is 0 Å². The summed E-state index contributed by atoms with van der Waals surface area (Å²) in [5, 5.41) is 0. The van der Waals surface area contributed by atoms with E-state index in [1.807, 2.05) is 0 Å². The zero-order valence-corrected chi connectivity index (χ0v) is 16.2. The van der Waals surface area contributed by atoms with Gasteiger partial charge in [0.25, 0.3) is 0 Å². The Kier molecular flexibility index (Phi) is 18.7. The summed E-state index contributed by atoms with van der Waals surface area (Å²) in [7, 11) is 1.44. The number of unbranched alkanes of at least 4 members (excludes halogenated alkanes) is 3. The molecule has 25 heavy (non-hydrogen) atoms. The summed E-state index contributed by atoms with van der Waals surface area (Å²) in [6, 6.07) is 0. The van der Waals surface area contributed by atoms with E-state index in [0.717, 1.165) is 57.8 Å². The molecule has 0 saturated heterocycles. The number of esters is 1. The van der Waals surface area contributed by atoms with Crippen LogP contribution < -0.4 is 0 Å². The molecule has 0 amide bonds. The molecule has 0 spiro atoms. The van der Waals surface area contributed by atoms with Gasteiger partial charge in [0.15, 0.2) is 0 Å². The van der Waals surface area contributed by atoms with Gasteiger partial charge in [-0.2, -0.15) is 0 Å². The van der Waals surface area contributed by atoms with Crippen molar-refractivity contribution in [2.24, 2.45) is 0 Å². The van der Waals surface area contributed by atoms with E-state index in [9.17, 15) is 4.79 Å². The van der Waals surface area contributed by atoms with Crippen LogP contribution in [0.2, 0.25) is 0 Å². The summed E-state index contributed by atoms with van der Waals surface area (Å²) in [6.07, 6.45) is 32.1. The molecule has 0 bridgehead atoms. The highest BCUT2D eigenvalue weighted by Gasteiger charge is 1.97. The van der Waals surface area contributed by atoms with Gasteiger partial charge in [-0.05, 0) is 51.4 Å². The summed E-state index contributed by atoms with van der Waals surface area (Å²) in [4.78, 5) is 10.9. The van der Waals surface area contributed by atoms with Gasteiger partial charge in [-0.3, -0.25) is 4.79 Å². The molecule has 0 rings (SSSR count). The molecule has 0 aliphatic rings. The van der Waals surface area contributed by atoms with Gasteiger partial charge in [-0.1, -0.05) is 74.1 Å². The monoisotopic (exact) mass is 344 g/mol. The van der Waals surface area contributed by atoms with Crippen molar-refractivity contribution in [3.8, 4) is 0 Å². The Hall–Kier alpha value is -1.83. The maximum absolute atomic E-state index is 10.9. The van der Waals surface area contributed by atoms with Crippen LogP contribution in [0.15, 0.2) is 60.8 Å². The predicted octanol–water partition coefficient (Wildman–Crippen LogP) is 6.86. The largest absolute Gasteiger partial charge is 0.469 e. The lowest BCUT2D eigenvalue weighted by Gasteiger charge is -1.98. The Balaban J connectivity index is 3.43. The van der Waals surface area contributed by atoms with Crippen LogP contribution in [0.3, 0.4) is 0 Å². The first kappa shape index (κ1) is 23.2. The standard InChI is InChI=1S/C23H36O2/c1-3-4-5-6-7-8-9-10-11-12-13-14-15-16-17-18-19-20-21-22-23(24)25-2/h4-5,7-8,10-11,13-14,16-17H,3,6,9,12,15,18-22H2,1-2H3/b5-4-,8-7-,11-10-,14-13-,17-16-. The number of methoxy groups -OCH3 is 1. The number of hydrogen-bond acceptors (Lipinski definition) is 2. The van der Waals surface area contributed by atoms with E-state index in [4.69, 9.17) is 0 Å². The molecular weight excluding hydrogens is 308 g/mol. The lowest BCUT2D eigenvalue weighted by atomic mass is 10.1. The second-order valence-electron chi connectivity index (χ2n) is 5.88. The Bertz CT molecular complexity index is 439. The topological polar surface area (TPSA) is 26.3 Å². The van der Waals surface area contributed by atoms with Crippen LogP contribution in [0.1, 0.15) is 71.1 Å². The summed E-state index contributed by atoms with van der Waals surface area (Å²) in [6.45, 7) is 2.15. The molecule has 0 heterocycles. The molecule has 0 aromatic rings. The third-order valence-electron chi connectivity index (χ3n) is 3.64. The van der Waals surface area contributed by atoms with Crippen molar-refractivity contribution in [2.45, 2.75) is 71.1 Å². The van der Waals surface area contributed by atoms with Gasteiger partial charge in [-0.15, -0.1) is 0 Å². The normalized spacial score (nSPS) is 12.6. The van der Waals surface area contributed by atoms with Crippen molar-refractivity contribution in [3.05, 3.63) is 60.8 Å². The predicted molar refractivity (Wildman–Crippen MR) is 110 cm³/mol. The van der Waals surface area contributed by atoms with E-state index in [2.05, 4.69) is 72.4 Å². The van der Waals surface area contributed by atoms with Crippen LogP contribution in [-0.2, 0) is 9.53 Å². The molecule has 0 aliphatic heterocycles. The van der Waals surface area contributed by atoms with E-state index in [1.54, 1.807) is 0 Å². The van der Waals surface area contributed by atoms with Gasteiger partial charge in [-0.25, -0.2) is 0 Å². The van der Waals surface area contributed by atoms with Gasteiger partial charge < -0.3 is 4.74 Å². The van der Waals surface area contributed by atoms with Crippen molar-refractivity contribution in [1.82, 2.24) is 0 Å². The molecule has 2 nitrogen and oxygen atoms in total. The highest BCUT2D eigenvalue weighted by Crippen LogP contribution is 2.05. The molecule has 0 aromatic carbocycles. The Morgan fingerprint density at radius 3 is 1.64 bits per heavy atom. The summed E-state index contributed by atoms with van der Waals surface area (Å²) in [5.74, 6) is -0.102. The number of carbonyl (C=O) groups excluding carboxylic acids is 1. The van der Waals surface area contributed by atoms with Crippen LogP contribution in [0.5, 0.6) is 0 Å². The number of allylic oxidation sites excluding steroid dienone is 10. The third kappa shape index (κ3) is 20.1. The third-order valence-corrected chi connectivity index (χ3v) is 3.64. The number of ether oxygens (including phenoxy) is 1. The van der Waals surface area contributed by atoms with Gasteiger partial charge in [0.1, 0.15) is 0 Å². The maximum Gasteiger partial charge on any atom is 0.305 e. The van der Waals surface area contributed by atoms with Crippen molar-refractivity contribution < 1.29 is 9.53 Å². The quantitative estimate of drug-likeness (QED) is 0.184. The molecule has 0 saturated carbocycles. The molecule has 0 atom stereocenters. The average Bonchev–Trinajstić information content (AvgIpc) is 2.63. The second kappa shape index (κ2) is 20.2. The van der Waals surface area contributed by atoms with E-state index in [0.29, 0.717) is 6.42 Å². The van der Waals surface area contributed by atoms with Gasteiger partial charge in [0.2, 0.25) is 0 Å². The minimum Gasteiger partial charge on any atom is -0.469 e. The van der Waals surface area contributed by atoms with Crippen LogP contribution in [-0.4, -0.2) is 13.1 Å². The fourth-order valence-corrected chi connectivity index (χ4v) is 2.18. The van der Waals surface area contributed by atoms with Crippen molar-refractivity contribution in [1.29, 1.82) is 0 Å². The summed E-state index contributed by atoms with van der Waals surface area (Å²) < 4.78 is 4.62. The van der Waals surface area contributed by atoms with E-state index in [-0.39, 0.29) is 5.97 Å². The van der Waals surface area contributed by atoms with Crippen LogP contribution >= 0.6 is 0 Å². The molecule has 0 aliphatic carbocycles. The van der Waals surface area contributed by atoms with Crippen molar-refractivity contribution in [2.75, 3.05) is 7.11 Å². The van der Waals surface area contributed by atoms with E-state index < -0.39 is 0 Å². The molecular formula is C23H36O2. The Morgan fingerprint density at radius 1 is 0.680 bits per heavy atom. The van der Waals surface area contributed by atoms with E-state index in [1.165, 1.54) is 7.11 Å². The molecule has 0 radical (unpaired) electrons. The Morgan fingerprint density at radius 2 is 1.16 bits per heavy atom. The zero-order chi connectivity index (χ0) is 18.4. The van der Waals surface area contributed by atoms with Crippen molar-refractivity contribution in [3.63, 3.8) is 0 Å². The number of rotatable bonds is 15. The number of hydrogen-bond donors (Lipinski definition) is 0. The first-order valence-electron chi connectivity index (χ1n) is 9.63. The van der Waals surface area contributed by atoms with Gasteiger partial charge >= 0.3 is 5.97 Å². The maximum atomic E-state index is 10.9. The summed E-state index contributed by atoms with van der Waals surface area (Å²) in [5.41, 5.74) is 0.